The van der Waals surface area contributed by atoms with Crippen LogP contribution in [0, 0.1) is 6.92 Å². The minimum Gasteiger partial charge on any atom is -0.492 e. The summed E-state index contributed by atoms with van der Waals surface area (Å²) < 4.78 is 33.0. The van der Waals surface area contributed by atoms with Gasteiger partial charge in [-0.15, -0.1) is 0 Å². The number of hydrogen-bond donors (Lipinski definition) is 1. The molecule has 1 amide bonds. The number of ether oxygens (including phenoxy) is 1. The normalized spacial score (nSPS) is 17.8. The third kappa shape index (κ3) is 4.91. The molecule has 1 fully saturated rings. The third-order valence-electron chi connectivity index (χ3n) is 4.80. The van der Waals surface area contributed by atoms with E-state index in [1.807, 2.05) is 37.3 Å². The topological polar surface area (TPSA) is 75.7 Å². The number of piperidine rings is 1. The number of hydrogen-bond acceptors (Lipinski definition) is 4. The molecule has 6 nitrogen and oxygen atoms in total. The summed E-state index contributed by atoms with van der Waals surface area (Å²) in [6.07, 6.45) is 2.11. The maximum atomic E-state index is 13.0. The molecule has 0 saturated carbocycles. The Labute approximate surface area is 166 Å². The van der Waals surface area contributed by atoms with Crippen molar-refractivity contribution in [3.8, 4) is 5.75 Å². The van der Waals surface area contributed by atoms with E-state index in [9.17, 15) is 13.2 Å². The highest BCUT2D eigenvalue weighted by Gasteiger charge is 2.37. The zero-order chi connectivity index (χ0) is 20.0. The number of carbonyl (C=O) groups is 1. The van der Waals surface area contributed by atoms with Crippen LogP contribution in [0.2, 0.25) is 0 Å². The quantitative estimate of drug-likeness (QED) is 0.723. The molecule has 1 aliphatic heterocycles. The van der Waals surface area contributed by atoms with Crippen LogP contribution in [0.1, 0.15) is 24.8 Å². The Morgan fingerprint density at radius 3 is 2.54 bits per heavy atom. The second kappa shape index (κ2) is 9.21. The van der Waals surface area contributed by atoms with Crippen LogP contribution in [-0.4, -0.2) is 44.4 Å². The number of amides is 1. The van der Waals surface area contributed by atoms with Gasteiger partial charge in [-0.05, 0) is 44.0 Å². The Morgan fingerprint density at radius 2 is 1.82 bits per heavy atom. The van der Waals surface area contributed by atoms with Crippen LogP contribution in [0.3, 0.4) is 0 Å². The lowest BCUT2D eigenvalue weighted by Gasteiger charge is -2.33. The standard InChI is InChI=1S/C21H26N2O4S/c1-17-10-12-19(13-11-17)28(25,26)23-15-6-5-9-20(23)21(24)22-14-16-27-18-7-3-2-4-8-18/h2-4,7-8,10-13,20H,5-6,9,14-16H2,1H3,(H,22,24)/t20-/m0/s1. The van der Waals surface area contributed by atoms with Gasteiger partial charge in [0.1, 0.15) is 18.4 Å². The summed E-state index contributed by atoms with van der Waals surface area (Å²) in [4.78, 5) is 12.9. The van der Waals surface area contributed by atoms with E-state index in [2.05, 4.69) is 5.32 Å². The van der Waals surface area contributed by atoms with Gasteiger partial charge in [0.25, 0.3) is 0 Å². The van der Waals surface area contributed by atoms with Gasteiger partial charge < -0.3 is 10.1 Å². The van der Waals surface area contributed by atoms with E-state index >= 15 is 0 Å². The fraction of sp³-hybridized carbons (Fsp3) is 0.381. The molecule has 1 N–H and O–H groups in total. The lowest BCUT2D eigenvalue weighted by Crippen LogP contribution is -2.52. The van der Waals surface area contributed by atoms with Gasteiger partial charge in [-0.3, -0.25) is 4.79 Å². The van der Waals surface area contributed by atoms with Crippen molar-refractivity contribution < 1.29 is 17.9 Å². The van der Waals surface area contributed by atoms with Gasteiger partial charge in [0.15, 0.2) is 0 Å². The molecule has 2 aromatic carbocycles. The first-order chi connectivity index (χ1) is 13.5. The van der Waals surface area contributed by atoms with Crippen molar-refractivity contribution in [1.29, 1.82) is 0 Å². The third-order valence-corrected chi connectivity index (χ3v) is 6.72. The van der Waals surface area contributed by atoms with Crippen molar-refractivity contribution >= 4 is 15.9 Å². The van der Waals surface area contributed by atoms with Gasteiger partial charge in [-0.1, -0.05) is 42.3 Å². The van der Waals surface area contributed by atoms with Crippen molar-refractivity contribution in [3.63, 3.8) is 0 Å². The zero-order valence-corrected chi connectivity index (χ0v) is 16.8. The molecule has 0 bridgehead atoms. The van der Waals surface area contributed by atoms with Crippen molar-refractivity contribution in [2.75, 3.05) is 19.7 Å². The minimum atomic E-state index is -3.71. The average molecular weight is 403 g/mol. The van der Waals surface area contributed by atoms with Crippen LogP contribution in [0.5, 0.6) is 5.75 Å². The van der Waals surface area contributed by atoms with E-state index in [4.69, 9.17) is 4.74 Å². The van der Waals surface area contributed by atoms with Gasteiger partial charge in [-0.2, -0.15) is 4.31 Å². The lowest BCUT2D eigenvalue weighted by molar-refractivity contribution is -0.125. The zero-order valence-electron chi connectivity index (χ0n) is 16.0. The number of aryl methyl sites for hydroxylation is 1. The number of benzene rings is 2. The molecule has 150 valence electrons. The molecule has 0 unspecified atom stereocenters. The summed E-state index contributed by atoms with van der Waals surface area (Å²) in [6.45, 7) is 2.91. The molecule has 7 heteroatoms. The molecular weight excluding hydrogens is 376 g/mol. The highest BCUT2D eigenvalue weighted by Crippen LogP contribution is 2.25. The van der Waals surface area contributed by atoms with Crippen molar-refractivity contribution in [1.82, 2.24) is 9.62 Å². The summed E-state index contributed by atoms with van der Waals surface area (Å²) in [5.41, 5.74) is 0.991. The smallest absolute Gasteiger partial charge is 0.243 e. The summed E-state index contributed by atoms with van der Waals surface area (Å²) in [7, 11) is -3.71. The lowest BCUT2D eigenvalue weighted by atomic mass is 10.0. The largest absolute Gasteiger partial charge is 0.492 e. The molecule has 0 spiro atoms. The summed E-state index contributed by atoms with van der Waals surface area (Å²) in [5, 5.41) is 2.82. The van der Waals surface area contributed by atoms with E-state index in [-0.39, 0.29) is 10.8 Å². The molecule has 1 atom stereocenters. The second-order valence-electron chi connectivity index (χ2n) is 6.89. The summed E-state index contributed by atoms with van der Waals surface area (Å²) in [6, 6.07) is 15.4. The van der Waals surface area contributed by atoms with Gasteiger partial charge in [0.05, 0.1) is 11.4 Å². The maximum Gasteiger partial charge on any atom is 0.243 e. The highest BCUT2D eigenvalue weighted by atomic mass is 32.2. The van der Waals surface area contributed by atoms with Crippen LogP contribution in [-0.2, 0) is 14.8 Å². The molecule has 28 heavy (non-hydrogen) atoms. The SMILES string of the molecule is Cc1ccc(S(=O)(=O)N2CCCC[C@H]2C(=O)NCCOc2ccccc2)cc1. The molecule has 1 saturated heterocycles. The number of nitrogens with one attached hydrogen (secondary N) is 1. The molecule has 0 aromatic heterocycles. The molecule has 0 aliphatic carbocycles. The van der Waals surface area contributed by atoms with Crippen LogP contribution in [0.4, 0.5) is 0 Å². The fourth-order valence-corrected chi connectivity index (χ4v) is 4.93. The van der Waals surface area contributed by atoms with Crippen LogP contribution < -0.4 is 10.1 Å². The van der Waals surface area contributed by atoms with E-state index in [0.717, 1.165) is 24.2 Å². The number of nitrogens with zero attached hydrogens (tertiary/aromatic N) is 1. The van der Waals surface area contributed by atoms with Crippen molar-refractivity contribution in [3.05, 3.63) is 60.2 Å². The monoisotopic (exact) mass is 402 g/mol. The Morgan fingerprint density at radius 1 is 1.11 bits per heavy atom. The molecule has 0 radical (unpaired) electrons. The number of rotatable bonds is 7. The van der Waals surface area contributed by atoms with Crippen molar-refractivity contribution in [2.45, 2.75) is 37.1 Å². The first kappa shape index (κ1) is 20.4. The van der Waals surface area contributed by atoms with Crippen LogP contribution >= 0.6 is 0 Å². The van der Waals surface area contributed by atoms with E-state index < -0.39 is 16.1 Å². The van der Waals surface area contributed by atoms with E-state index in [0.29, 0.717) is 26.1 Å². The van der Waals surface area contributed by atoms with Crippen molar-refractivity contribution in [2.24, 2.45) is 0 Å². The highest BCUT2D eigenvalue weighted by molar-refractivity contribution is 7.89. The van der Waals surface area contributed by atoms with Gasteiger partial charge in [0, 0.05) is 6.54 Å². The average Bonchev–Trinajstić information content (AvgIpc) is 2.72. The number of sulfonamides is 1. The second-order valence-corrected chi connectivity index (χ2v) is 8.78. The van der Waals surface area contributed by atoms with Gasteiger partial charge in [-0.25, -0.2) is 8.42 Å². The van der Waals surface area contributed by atoms with Crippen LogP contribution in [0.15, 0.2) is 59.5 Å². The number of para-hydroxylation sites is 1. The first-order valence-corrected chi connectivity index (χ1v) is 11.0. The summed E-state index contributed by atoms with van der Waals surface area (Å²) in [5.74, 6) is 0.463. The Hall–Kier alpha value is -2.38. The molecular formula is C21H26N2O4S. The minimum absolute atomic E-state index is 0.227. The Kier molecular flexibility index (Phi) is 6.70. The predicted octanol–water partition coefficient (Wildman–Crippen LogP) is 2.73. The Bertz CT molecular complexity index is 882. The maximum absolute atomic E-state index is 13.0. The Balaban J connectivity index is 1.62. The fourth-order valence-electron chi connectivity index (χ4n) is 3.28. The molecule has 3 rings (SSSR count). The van der Waals surface area contributed by atoms with Crippen LogP contribution in [0.25, 0.3) is 0 Å². The summed E-state index contributed by atoms with van der Waals surface area (Å²) >= 11 is 0. The van der Waals surface area contributed by atoms with E-state index in [1.54, 1.807) is 24.3 Å². The van der Waals surface area contributed by atoms with Gasteiger partial charge >= 0.3 is 0 Å². The van der Waals surface area contributed by atoms with E-state index in [1.165, 1.54) is 4.31 Å². The number of carbonyl (C=O) groups excluding carboxylic acids is 1. The predicted molar refractivity (Wildman–Crippen MR) is 108 cm³/mol. The molecule has 1 aliphatic rings. The molecule has 1 heterocycles. The van der Waals surface area contributed by atoms with Gasteiger partial charge in [0.2, 0.25) is 15.9 Å². The molecule has 2 aromatic rings. The first-order valence-electron chi connectivity index (χ1n) is 9.52.